The van der Waals surface area contributed by atoms with Crippen LogP contribution in [0, 0.1) is 0 Å². The number of likely N-dealkylation sites (tertiary alicyclic amines) is 1. The fourth-order valence-corrected chi connectivity index (χ4v) is 2.47. The van der Waals surface area contributed by atoms with E-state index in [-0.39, 0.29) is 18.5 Å². The molecular formula is C17H33N5O4. The van der Waals surface area contributed by atoms with E-state index in [1.807, 2.05) is 32.6 Å². The van der Waals surface area contributed by atoms with E-state index in [9.17, 15) is 9.59 Å². The van der Waals surface area contributed by atoms with E-state index in [1.54, 1.807) is 7.11 Å². The van der Waals surface area contributed by atoms with Crippen LogP contribution in [0.1, 0.15) is 34.1 Å². The summed E-state index contributed by atoms with van der Waals surface area (Å²) in [5.41, 5.74) is -0.519. The summed E-state index contributed by atoms with van der Waals surface area (Å²) in [6.45, 7) is 10.5. The van der Waals surface area contributed by atoms with E-state index >= 15 is 0 Å². The standard InChI is InChI=1S/C17H33N5O4/c1-6-18-15(20-11-14(23)19-8-10-25-5)22-9-7-13(12-22)21-16(24)26-17(2,3)4/h13H,6-12H2,1-5H3,(H,18,20)(H,19,23)(H,21,24). The first kappa shape index (κ1) is 22.0. The van der Waals surface area contributed by atoms with Gasteiger partial charge in [0, 0.05) is 33.3 Å². The SMILES string of the molecule is CCNC(=NCC(=O)NCCOC)N1CCC(NC(=O)OC(C)(C)C)C1. The zero-order valence-corrected chi connectivity index (χ0v) is 16.6. The molecule has 1 unspecified atom stereocenters. The fraction of sp³-hybridized carbons (Fsp3) is 0.824. The highest BCUT2D eigenvalue weighted by Crippen LogP contribution is 2.12. The van der Waals surface area contributed by atoms with Crippen molar-refractivity contribution in [1.29, 1.82) is 0 Å². The molecule has 1 heterocycles. The second-order valence-electron chi connectivity index (χ2n) is 7.09. The van der Waals surface area contributed by atoms with Crippen LogP contribution in [0.15, 0.2) is 4.99 Å². The molecule has 0 radical (unpaired) electrons. The number of methoxy groups -OCH3 is 1. The van der Waals surface area contributed by atoms with Crippen LogP contribution in [0.4, 0.5) is 4.79 Å². The third-order valence-electron chi connectivity index (χ3n) is 3.54. The van der Waals surface area contributed by atoms with Crippen LogP contribution in [0.5, 0.6) is 0 Å². The number of ether oxygens (including phenoxy) is 2. The molecule has 1 saturated heterocycles. The average molecular weight is 371 g/mol. The first-order chi connectivity index (χ1) is 12.2. The number of carbonyl (C=O) groups excluding carboxylic acids is 2. The third-order valence-corrected chi connectivity index (χ3v) is 3.54. The molecule has 1 rings (SSSR count). The Morgan fingerprint density at radius 3 is 2.62 bits per heavy atom. The second-order valence-corrected chi connectivity index (χ2v) is 7.09. The maximum atomic E-state index is 11.9. The lowest BCUT2D eigenvalue weighted by Crippen LogP contribution is -2.44. The molecule has 0 spiro atoms. The van der Waals surface area contributed by atoms with E-state index in [0.29, 0.717) is 32.2 Å². The highest BCUT2D eigenvalue weighted by atomic mass is 16.6. The molecule has 0 aromatic heterocycles. The largest absolute Gasteiger partial charge is 0.444 e. The number of amides is 2. The zero-order chi connectivity index (χ0) is 19.6. The lowest BCUT2D eigenvalue weighted by atomic mass is 10.2. The summed E-state index contributed by atoms with van der Waals surface area (Å²) in [5, 5.41) is 8.81. The number of nitrogens with zero attached hydrogens (tertiary/aromatic N) is 2. The molecular weight excluding hydrogens is 338 g/mol. The van der Waals surface area contributed by atoms with E-state index in [1.165, 1.54) is 0 Å². The van der Waals surface area contributed by atoms with Gasteiger partial charge in [0.25, 0.3) is 0 Å². The molecule has 3 N–H and O–H groups in total. The Balaban J connectivity index is 2.51. The lowest BCUT2D eigenvalue weighted by Gasteiger charge is -2.23. The minimum Gasteiger partial charge on any atom is -0.444 e. The number of carbonyl (C=O) groups is 2. The average Bonchev–Trinajstić information content (AvgIpc) is 2.98. The van der Waals surface area contributed by atoms with Gasteiger partial charge in [-0.1, -0.05) is 0 Å². The van der Waals surface area contributed by atoms with Crippen LogP contribution in [0.3, 0.4) is 0 Å². The predicted molar refractivity (Wildman–Crippen MR) is 100 cm³/mol. The third kappa shape index (κ3) is 8.89. The molecule has 0 aromatic carbocycles. The van der Waals surface area contributed by atoms with Gasteiger partial charge in [0.1, 0.15) is 12.1 Å². The van der Waals surface area contributed by atoms with Crippen molar-refractivity contribution in [2.24, 2.45) is 4.99 Å². The zero-order valence-electron chi connectivity index (χ0n) is 16.6. The van der Waals surface area contributed by atoms with E-state index in [0.717, 1.165) is 13.0 Å². The van der Waals surface area contributed by atoms with Gasteiger partial charge in [-0.2, -0.15) is 0 Å². The molecule has 1 fully saturated rings. The lowest BCUT2D eigenvalue weighted by molar-refractivity contribution is -0.119. The van der Waals surface area contributed by atoms with Gasteiger partial charge in [0.05, 0.1) is 12.6 Å². The normalized spacial score (nSPS) is 17.8. The molecule has 1 aliphatic heterocycles. The maximum Gasteiger partial charge on any atom is 0.407 e. The molecule has 1 aliphatic rings. The highest BCUT2D eigenvalue weighted by Gasteiger charge is 2.27. The van der Waals surface area contributed by atoms with Gasteiger partial charge in [-0.3, -0.25) is 4.79 Å². The van der Waals surface area contributed by atoms with E-state index in [4.69, 9.17) is 9.47 Å². The Morgan fingerprint density at radius 2 is 2.00 bits per heavy atom. The van der Waals surface area contributed by atoms with Crippen molar-refractivity contribution in [3.63, 3.8) is 0 Å². The van der Waals surface area contributed by atoms with Crippen molar-refractivity contribution in [3.05, 3.63) is 0 Å². The van der Waals surface area contributed by atoms with Crippen molar-refractivity contribution in [2.45, 2.75) is 45.8 Å². The first-order valence-corrected chi connectivity index (χ1v) is 9.03. The van der Waals surface area contributed by atoms with Gasteiger partial charge in [-0.25, -0.2) is 9.79 Å². The van der Waals surface area contributed by atoms with Gasteiger partial charge < -0.3 is 30.3 Å². The number of alkyl carbamates (subject to hydrolysis) is 1. The Bertz CT molecular complexity index is 490. The Kier molecular flexibility index (Phi) is 9.18. The molecule has 150 valence electrons. The minimum atomic E-state index is -0.519. The minimum absolute atomic E-state index is 0.00997. The number of rotatable bonds is 7. The molecule has 9 nitrogen and oxygen atoms in total. The molecule has 9 heteroatoms. The van der Waals surface area contributed by atoms with Gasteiger partial charge in [-0.05, 0) is 34.1 Å². The summed E-state index contributed by atoms with van der Waals surface area (Å²) in [6, 6.07) is -0.00997. The number of aliphatic imine (C=N–C) groups is 1. The van der Waals surface area contributed by atoms with Crippen molar-refractivity contribution < 1.29 is 19.1 Å². The van der Waals surface area contributed by atoms with Crippen molar-refractivity contribution in [1.82, 2.24) is 20.9 Å². The molecule has 0 aliphatic carbocycles. The van der Waals surface area contributed by atoms with Crippen molar-refractivity contribution in [3.8, 4) is 0 Å². The summed E-state index contributed by atoms with van der Waals surface area (Å²) in [4.78, 5) is 30.1. The van der Waals surface area contributed by atoms with Crippen LogP contribution in [-0.4, -0.2) is 80.9 Å². The van der Waals surface area contributed by atoms with Crippen molar-refractivity contribution in [2.75, 3.05) is 46.4 Å². The number of guanidine groups is 1. The number of hydrogen-bond donors (Lipinski definition) is 3. The Labute approximate surface area is 155 Å². The quantitative estimate of drug-likeness (QED) is 0.338. The van der Waals surface area contributed by atoms with Crippen LogP contribution in [0.25, 0.3) is 0 Å². The van der Waals surface area contributed by atoms with Gasteiger partial charge in [0.15, 0.2) is 5.96 Å². The van der Waals surface area contributed by atoms with Crippen LogP contribution in [0.2, 0.25) is 0 Å². The van der Waals surface area contributed by atoms with Gasteiger partial charge >= 0.3 is 6.09 Å². The van der Waals surface area contributed by atoms with E-state index in [2.05, 4.69) is 20.9 Å². The van der Waals surface area contributed by atoms with Crippen LogP contribution in [-0.2, 0) is 14.3 Å². The second kappa shape index (κ2) is 10.8. The van der Waals surface area contributed by atoms with Gasteiger partial charge in [0.2, 0.25) is 5.91 Å². The monoisotopic (exact) mass is 371 g/mol. The summed E-state index contributed by atoms with van der Waals surface area (Å²) < 4.78 is 10.2. The van der Waals surface area contributed by atoms with E-state index < -0.39 is 11.7 Å². The molecule has 0 saturated carbocycles. The summed E-state index contributed by atoms with van der Waals surface area (Å²) in [6.07, 6.45) is 0.382. The molecule has 2 amide bonds. The fourth-order valence-electron chi connectivity index (χ4n) is 2.47. The van der Waals surface area contributed by atoms with Crippen LogP contribution < -0.4 is 16.0 Å². The summed E-state index contributed by atoms with van der Waals surface area (Å²) in [5.74, 6) is 0.517. The smallest absolute Gasteiger partial charge is 0.407 e. The van der Waals surface area contributed by atoms with Gasteiger partial charge in [-0.15, -0.1) is 0 Å². The molecule has 0 aromatic rings. The van der Waals surface area contributed by atoms with Crippen molar-refractivity contribution >= 4 is 18.0 Å². The molecule has 26 heavy (non-hydrogen) atoms. The molecule has 1 atom stereocenters. The summed E-state index contributed by atoms with van der Waals surface area (Å²) >= 11 is 0. The van der Waals surface area contributed by atoms with Crippen LogP contribution >= 0.6 is 0 Å². The Morgan fingerprint density at radius 1 is 1.27 bits per heavy atom. The number of hydrogen-bond acceptors (Lipinski definition) is 5. The summed E-state index contributed by atoms with van der Waals surface area (Å²) in [7, 11) is 1.59. The Hall–Kier alpha value is -2.03. The number of nitrogens with one attached hydrogen (secondary N) is 3. The highest BCUT2D eigenvalue weighted by molar-refractivity contribution is 5.85. The predicted octanol–water partition coefficient (Wildman–Crippen LogP) is 0.314. The maximum absolute atomic E-state index is 11.9. The molecule has 0 bridgehead atoms. The topological polar surface area (TPSA) is 104 Å². The first-order valence-electron chi connectivity index (χ1n) is 9.03.